The van der Waals surface area contributed by atoms with Gasteiger partial charge < -0.3 is 11.1 Å². The second-order valence-corrected chi connectivity index (χ2v) is 6.03. The van der Waals surface area contributed by atoms with E-state index in [0.717, 1.165) is 44.2 Å². The number of hydrogen-bond donors (Lipinski definition) is 2. The first-order valence-electron chi connectivity index (χ1n) is 8.53. The molecule has 0 saturated carbocycles. The number of nitrogens with one attached hydrogen (secondary N) is 1. The highest BCUT2D eigenvalue weighted by atomic mass is 19.4. The van der Waals surface area contributed by atoms with Gasteiger partial charge in [-0.3, -0.25) is 9.59 Å². The van der Waals surface area contributed by atoms with Crippen LogP contribution in [0.1, 0.15) is 67.8 Å². The number of benzene rings is 1. The number of carbonyl (C=O) groups is 2. The SMILES string of the molecule is CCCCCCCC[C@H](NC(=O)c1ccccc1C(F)(F)F)C(N)=O. The first-order chi connectivity index (χ1) is 11.8. The zero-order valence-corrected chi connectivity index (χ0v) is 14.4. The predicted octanol–water partition coefficient (Wildman–Crippen LogP) is 4.04. The molecule has 0 spiro atoms. The summed E-state index contributed by atoms with van der Waals surface area (Å²) in [6.45, 7) is 2.11. The second-order valence-electron chi connectivity index (χ2n) is 6.03. The van der Waals surface area contributed by atoms with E-state index in [-0.39, 0.29) is 0 Å². The summed E-state index contributed by atoms with van der Waals surface area (Å²) in [7, 11) is 0. The van der Waals surface area contributed by atoms with Crippen molar-refractivity contribution in [3.05, 3.63) is 35.4 Å². The zero-order valence-electron chi connectivity index (χ0n) is 14.4. The first kappa shape index (κ1) is 21.0. The number of halogens is 3. The Balaban J connectivity index is 2.67. The lowest BCUT2D eigenvalue weighted by atomic mass is 10.0. The maximum Gasteiger partial charge on any atom is 0.417 e. The lowest BCUT2D eigenvalue weighted by molar-refractivity contribution is -0.137. The molecule has 4 nitrogen and oxygen atoms in total. The van der Waals surface area contributed by atoms with Gasteiger partial charge in [0, 0.05) is 0 Å². The Labute approximate surface area is 146 Å². The van der Waals surface area contributed by atoms with Crippen molar-refractivity contribution in [2.45, 2.75) is 64.1 Å². The molecule has 0 radical (unpaired) electrons. The summed E-state index contributed by atoms with van der Waals surface area (Å²) in [5.41, 5.74) is 3.73. The summed E-state index contributed by atoms with van der Waals surface area (Å²) in [6.07, 6.45) is 1.63. The summed E-state index contributed by atoms with van der Waals surface area (Å²) in [5, 5.41) is 2.33. The van der Waals surface area contributed by atoms with E-state index in [1.165, 1.54) is 12.1 Å². The summed E-state index contributed by atoms with van der Waals surface area (Å²) in [5.74, 6) is -1.69. The number of alkyl halides is 3. The molecule has 7 heteroatoms. The normalized spacial score (nSPS) is 12.6. The summed E-state index contributed by atoms with van der Waals surface area (Å²) >= 11 is 0. The van der Waals surface area contributed by atoms with Gasteiger partial charge >= 0.3 is 6.18 Å². The molecule has 1 atom stereocenters. The number of carbonyl (C=O) groups excluding carboxylic acids is 2. The average Bonchev–Trinajstić information content (AvgIpc) is 2.55. The van der Waals surface area contributed by atoms with Gasteiger partial charge in [0.15, 0.2) is 0 Å². The van der Waals surface area contributed by atoms with Crippen LogP contribution in [0.3, 0.4) is 0 Å². The third-order valence-electron chi connectivity index (χ3n) is 3.97. The Morgan fingerprint density at radius 1 is 1.08 bits per heavy atom. The van der Waals surface area contributed by atoms with E-state index < -0.39 is 35.2 Å². The van der Waals surface area contributed by atoms with Crippen molar-refractivity contribution in [1.29, 1.82) is 0 Å². The third kappa shape index (κ3) is 7.15. The number of unbranched alkanes of at least 4 members (excludes halogenated alkanes) is 5. The molecule has 1 rings (SSSR count). The monoisotopic (exact) mass is 358 g/mol. The number of amides is 2. The Kier molecular flexibility index (Phi) is 8.45. The quantitative estimate of drug-likeness (QED) is 0.620. The van der Waals surface area contributed by atoms with Crippen molar-refractivity contribution >= 4 is 11.8 Å². The summed E-state index contributed by atoms with van der Waals surface area (Å²) in [4.78, 5) is 23.7. The van der Waals surface area contributed by atoms with Crippen LogP contribution >= 0.6 is 0 Å². The summed E-state index contributed by atoms with van der Waals surface area (Å²) in [6, 6.07) is 3.50. The fourth-order valence-electron chi connectivity index (χ4n) is 2.58. The maximum absolute atomic E-state index is 13.0. The van der Waals surface area contributed by atoms with Crippen LogP contribution in [0.2, 0.25) is 0 Å². The molecular formula is C18H25F3N2O2. The highest BCUT2D eigenvalue weighted by Gasteiger charge is 2.35. The van der Waals surface area contributed by atoms with E-state index in [1.54, 1.807) is 0 Å². The fourth-order valence-corrected chi connectivity index (χ4v) is 2.58. The van der Waals surface area contributed by atoms with Crippen LogP contribution in [-0.2, 0) is 11.0 Å². The molecule has 1 aromatic carbocycles. The smallest absolute Gasteiger partial charge is 0.368 e. The van der Waals surface area contributed by atoms with Gasteiger partial charge in [-0.1, -0.05) is 57.6 Å². The lowest BCUT2D eigenvalue weighted by Crippen LogP contribution is -2.44. The third-order valence-corrected chi connectivity index (χ3v) is 3.97. The number of hydrogen-bond acceptors (Lipinski definition) is 2. The molecule has 0 aromatic heterocycles. The number of rotatable bonds is 10. The van der Waals surface area contributed by atoms with E-state index in [4.69, 9.17) is 5.73 Å². The van der Waals surface area contributed by atoms with Crippen LogP contribution in [-0.4, -0.2) is 17.9 Å². The minimum absolute atomic E-state index is 0.321. The molecule has 2 amide bonds. The molecule has 0 aliphatic carbocycles. The molecule has 3 N–H and O–H groups in total. The van der Waals surface area contributed by atoms with Crippen molar-refractivity contribution in [3.63, 3.8) is 0 Å². The minimum atomic E-state index is -4.64. The molecule has 0 aliphatic rings. The second kappa shape index (κ2) is 10.1. The van der Waals surface area contributed by atoms with Crippen LogP contribution in [0.15, 0.2) is 24.3 Å². The van der Waals surface area contributed by atoms with E-state index in [0.29, 0.717) is 12.8 Å². The first-order valence-corrected chi connectivity index (χ1v) is 8.53. The molecule has 1 aromatic rings. The Bertz CT molecular complexity index is 574. The van der Waals surface area contributed by atoms with Gasteiger partial charge in [0.2, 0.25) is 5.91 Å². The largest absolute Gasteiger partial charge is 0.417 e. The van der Waals surface area contributed by atoms with E-state index in [9.17, 15) is 22.8 Å². The van der Waals surface area contributed by atoms with Gasteiger partial charge in [-0.15, -0.1) is 0 Å². The van der Waals surface area contributed by atoms with Crippen molar-refractivity contribution in [3.8, 4) is 0 Å². The number of primary amides is 1. The molecule has 0 bridgehead atoms. The van der Waals surface area contributed by atoms with Crippen LogP contribution in [0.5, 0.6) is 0 Å². The Hall–Kier alpha value is -2.05. The Morgan fingerprint density at radius 3 is 2.28 bits per heavy atom. The standard InChI is InChI=1S/C18H25F3N2O2/c1-2-3-4-5-6-7-12-15(16(22)24)23-17(25)13-10-8-9-11-14(13)18(19,20)21/h8-11,15H,2-7,12H2,1H3,(H2,22,24)(H,23,25)/t15-/m0/s1. The van der Waals surface area contributed by atoms with Gasteiger partial charge in [0.05, 0.1) is 11.1 Å². The van der Waals surface area contributed by atoms with Crippen molar-refractivity contribution in [2.75, 3.05) is 0 Å². The van der Waals surface area contributed by atoms with E-state index >= 15 is 0 Å². The molecule has 0 fully saturated rings. The van der Waals surface area contributed by atoms with Crippen LogP contribution in [0.4, 0.5) is 13.2 Å². The van der Waals surface area contributed by atoms with Crippen LogP contribution in [0.25, 0.3) is 0 Å². The summed E-state index contributed by atoms with van der Waals surface area (Å²) < 4.78 is 38.9. The topological polar surface area (TPSA) is 72.2 Å². The molecule has 0 heterocycles. The average molecular weight is 358 g/mol. The lowest BCUT2D eigenvalue weighted by Gasteiger charge is -2.17. The van der Waals surface area contributed by atoms with Gasteiger partial charge in [0.25, 0.3) is 5.91 Å². The highest BCUT2D eigenvalue weighted by Crippen LogP contribution is 2.31. The van der Waals surface area contributed by atoms with Crippen molar-refractivity contribution < 1.29 is 22.8 Å². The van der Waals surface area contributed by atoms with Crippen LogP contribution in [0, 0.1) is 0 Å². The van der Waals surface area contributed by atoms with Crippen molar-refractivity contribution in [1.82, 2.24) is 5.32 Å². The van der Waals surface area contributed by atoms with Crippen molar-refractivity contribution in [2.24, 2.45) is 5.73 Å². The zero-order chi connectivity index (χ0) is 18.9. The van der Waals surface area contributed by atoms with E-state index in [1.807, 2.05) is 0 Å². The van der Waals surface area contributed by atoms with Gasteiger partial charge in [-0.2, -0.15) is 13.2 Å². The molecule has 0 aliphatic heterocycles. The van der Waals surface area contributed by atoms with E-state index in [2.05, 4.69) is 12.2 Å². The molecule has 25 heavy (non-hydrogen) atoms. The Morgan fingerprint density at radius 2 is 1.68 bits per heavy atom. The van der Waals surface area contributed by atoms with Gasteiger partial charge in [0.1, 0.15) is 6.04 Å². The maximum atomic E-state index is 13.0. The molecular weight excluding hydrogens is 333 g/mol. The fraction of sp³-hybridized carbons (Fsp3) is 0.556. The number of nitrogens with two attached hydrogens (primary N) is 1. The molecule has 140 valence electrons. The predicted molar refractivity (Wildman–Crippen MR) is 89.9 cm³/mol. The molecule has 0 unspecified atom stereocenters. The minimum Gasteiger partial charge on any atom is -0.368 e. The van der Waals surface area contributed by atoms with Crippen LogP contribution < -0.4 is 11.1 Å². The molecule has 0 saturated heterocycles. The highest BCUT2D eigenvalue weighted by molar-refractivity contribution is 5.98. The van der Waals surface area contributed by atoms with Gasteiger partial charge in [-0.05, 0) is 18.6 Å². The van der Waals surface area contributed by atoms with Gasteiger partial charge in [-0.25, -0.2) is 0 Å².